The molecule has 0 saturated carbocycles. The van der Waals surface area contributed by atoms with E-state index in [1.54, 1.807) is 26.4 Å². The van der Waals surface area contributed by atoms with Crippen molar-refractivity contribution in [3.05, 3.63) is 96.1 Å². The van der Waals surface area contributed by atoms with Crippen LogP contribution in [0.5, 0.6) is 23.0 Å². The van der Waals surface area contributed by atoms with E-state index in [1.165, 1.54) is 0 Å². The Morgan fingerprint density at radius 3 is 2.00 bits per heavy atom. The summed E-state index contributed by atoms with van der Waals surface area (Å²) in [7, 11) is -0.319. The average molecular weight is 505 g/mol. The Hall–Kier alpha value is -3.97. The Labute approximate surface area is 212 Å². The Bertz CT molecular complexity index is 1450. The van der Waals surface area contributed by atoms with E-state index in [1.807, 2.05) is 73.7 Å². The number of hydrogen-bond acceptors (Lipinski definition) is 6. The number of methoxy groups -OCH3 is 2. The summed E-state index contributed by atoms with van der Waals surface area (Å²) in [6, 6.07) is 26.7. The van der Waals surface area contributed by atoms with Crippen molar-refractivity contribution in [1.29, 1.82) is 0 Å². The van der Waals surface area contributed by atoms with Crippen LogP contribution in [-0.4, -0.2) is 28.9 Å². The fourth-order valence-corrected chi connectivity index (χ4v) is 4.41. The van der Waals surface area contributed by atoms with Crippen molar-refractivity contribution >= 4 is 10.1 Å². The molecule has 36 heavy (non-hydrogen) atoms. The van der Waals surface area contributed by atoms with Crippen LogP contribution in [0.1, 0.15) is 11.1 Å². The lowest BCUT2D eigenvalue weighted by atomic mass is 9.94. The number of hydrogen-bond donors (Lipinski definition) is 0. The Balaban J connectivity index is 1.63. The molecule has 7 heteroatoms. The summed E-state index contributed by atoms with van der Waals surface area (Å²) in [5, 5.41) is 0. The first-order valence-electron chi connectivity index (χ1n) is 11.3. The third-order valence-electron chi connectivity index (χ3n) is 5.67. The lowest BCUT2D eigenvalue weighted by Gasteiger charge is -2.16. The summed E-state index contributed by atoms with van der Waals surface area (Å²) in [4.78, 5) is 0. The quantitative estimate of drug-likeness (QED) is 0.251. The number of ether oxygens (including phenoxy) is 3. The van der Waals surface area contributed by atoms with Crippen LogP contribution < -0.4 is 18.4 Å². The lowest BCUT2D eigenvalue weighted by Crippen LogP contribution is -2.05. The molecule has 0 unspecified atom stereocenters. The predicted octanol–water partition coefficient (Wildman–Crippen LogP) is 6.26. The molecule has 0 radical (unpaired) electrons. The van der Waals surface area contributed by atoms with E-state index in [-0.39, 0.29) is 5.75 Å². The highest BCUT2D eigenvalue weighted by atomic mass is 32.2. The van der Waals surface area contributed by atoms with Gasteiger partial charge >= 0.3 is 10.1 Å². The van der Waals surface area contributed by atoms with Crippen LogP contribution in [0.15, 0.2) is 84.9 Å². The standard InChI is InChI=1S/C29H28O6S/c1-20-16-26(23-12-15-27(29(17-23)33-3)34-19-21-8-6-5-7-9-21)28(32-2)18-25(20)22-10-13-24(14-11-22)35-36(4,30)31/h5-18H,19H2,1-4H3. The van der Waals surface area contributed by atoms with Crippen molar-refractivity contribution in [2.75, 3.05) is 20.5 Å². The monoisotopic (exact) mass is 504 g/mol. The van der Waals surface area contributed by atoms with Gasteiger partial charge in [-0.2, -0.15) is 8.42 Å². The van der Waals surface area contributed by atoms with Gasteiger partial charge in [-0.1, -0.05) is 48.5 Å². The van der Waals surface area contributed by atoms with E-state index in [0.717, 1.165) is 39.6 Å². The minimum atomic E-state index is -3.58. The molecule has 0 saturated heterocycles. The maximum atomic E-state index is 11.4. The first-order valence-corrected chi connectivity index (χ1v) is 13.1. The number of rotatable bonds is 9. The van der Waals surface area contributed by atoms with Gasteiger partial charge in [0.25, 0.3) is 0 Å². The molecule has 0 fully saturated rings. The molecule has 0 spiro atoms. The molecule has 0 aromatic heterocycles. The molecule has 0 amide bonds. The average Bonchev–Trinajstić information content (AvgIpc) is 2.87. The van der Waals surface area contributed by atoms with Crippen LogP contribution in [-0.2, 0) is 16.7 Å². The summed E-state index contributed by atoms with van der Waals surface area (Å²) in [6.45, 7) is 2.47. The second kappa shape index (κ2) is 10.7. The van der Waals surface area contributed by atoms with Gasteiger partial charge in [0.1, 0.15) is 18.1 Å². The second-order valence-corrected chi connectivity index (χ2v) is 9.89. The molecule has 6 nitrogen and oxygen atoms in total. The summed E-state index contributed by atoms with van der Waals surface area (Å²) in [5.41, 5.74) is 5.85. The van der Waals surface area contributed by atoms with Gasteiger partial charge in [-0.05, 0) is 71.1 Å². The minimum Gasteiger partial charge on any atom is -0.496 e. The lowest BCUT2D eigenvalue weighted by molar-refractivity contribution is 0.284. The first kappa shape index (κ1) is 25.1. The van der Waals surface area contributed by atoms with Gasteiger partial charge < -0.3 is 18.4 Å². The van der Waals surface area contributed by atoms with E-state index in [2.05, 4.69) is 6.07 Å². The van der Waals surface area contributed by atoms with E-state index in [9.17, 15) is 8.42 Å². The van der Waals surface area contributed by atoms with Crippen LogP contribution in [0.4, 0.5) is 0 Å². The summed E-state index contributed by atoms with van der Waals surface area (Å²) >= 11 is 0. The molecule has 0 heterocycles. The fourth-order valence-electron chi connectivity index (χ4n) is 3.95. The van der Waals surface area contributed by atoms with Crippen molar-refractivity contribution in [1.82, 2.24) is 0 Å². The van der Waals surface area contributed by atoms with Gasteiger partial charge in [0.15, 0.2) is 11.5 Å². The van der Waals surface area contributed by atoms with Crippen molar-refractivity contribution in [2.24, 2.45) is 0 Å². The summed E-state index contributed by atoms with van der Waals surface area (Å²) in [6.07, 6.45) is 1.02. The van der Waals surface area contributed by atoms with E-state index in [4.69, 9.17) is 18.4 Å². The van der Waals surface area contributed by atoms with Crippen molar-refractivity contribution in [3.8, 4) is 45.3 Å². The summed E-state index contributed by atoms with van der Waals surface area (Å²) in [5.74, 6) is 2.26. The Morgan fingerprint density at radius 2 is 1.36 bits per heavy atom. The van der Waals surface area contributed by atoms with Crippen LogP contribution in [0.2, 0.25) is 0 Å². The SMILES string of the molecule is COc1cc(-c2cc(C)c(-c3ccc(OS(C)(=O)=O)cc3)cc2OC)ccc1OCc1ccccc1. The van der Waals surface area contributed by atoms with Gasteiger partial charge in [0.2, 0.25) is 0 Å². The normalized spacial score (nSPS) is 11.1. The zero-order chi connectivity index (χ0) is 25.7. The molecule has 0 aliphatic rings. The largest absolute Gasteiger partial charge is 0.496 e. The highest BCUT2D eigenvalue weighted by molar-refractivity contribution is 7.86. The molecule has 186 valence electrons. The van der Waals surface area contributed by atoms with Gasteiger partial charge in [0.05, 0.1) is 20.5 Å². The predicted molar refractivity (Wildman–Crippen MR) is 141 cm³/mol. The van der Waals surface area contributed by atoms with Crippen molar-refractivity contribution < 1.29 is 26.8 Å². The maximum absolute atomic E-state index is 11.4. The molecule has 0 aliphatic carbocycles. The molecule has 4 aromatic rings. The molecule has 0 N–H and O–H groups in total. The molecule has 0 atom stereocenters. The van der Waals surface area contributed by atoms with Crippen LogP contribution in [0.3, 0.4) is 0 Å². The van der Waals surface area contributed by atoms with Gasteiger partial charge in [-0.3, -0.25) is 0 Å². The van der Waals surface area contributed by atoms with Crippen LogP contribution >= 0.6 is 0 Å². The Kier molecular flexibility index (Phi) is 7.50. The molecule has 4 rings (SSSR count). The van der Waals surface area contributed by atoms with Crippen LogP contribution in [0.25, 0.3) is 22.3 Å². The highest BCUT2D eigenvalue weighted by Gasteiger charge is 2.15. The van der Waals surface area contributed by atoms with E-state index < -0.39 is 10.1 Å². The molecular weight excluding hydrogens is 476 g/mol. The minimum absolute atomic E-state index is 0.268. The second-order valence-electron chi connectivity index (χ2n) is 8.32. The molecular formula is C29H28O6S. The highest BCUT2D eigenvalue weighted by Crippen LogP contribution is 2.40. The zero-order valence-electron chi connectivity index (χ0n) is 20.6. The summed E-state index contributed by atoms with van der Waals surface area (Å²) < 4.78 is 45.1. The van der Waals surface area contributed by atoms with Crippen molar-refractivity contribution in [3.63, 3.8) is 0 Å². The third kappa shape index (κ3) is 5.98. The zero-order valence-corrected chi connectivity index (χ0v) is 21.5. The number of benzene rings is 4. The topological polar surface area (TPSA) is 71.1 Å². The fraction of sp³-hybridized carbons (Fsp3) is 0.172. The van der Waals surface area contributed by atoms with Crippen LogP contribution in [0, 0.1) is 6.92 Å². The van der Waals surface area contributed by atoms with Gasteiger partial charge in [-0.15, -0.1) is 0 Å². The molecule has 0 bridgehead atoms. The van der Waals surface area contributed by atoms with E-state index >= 15 is 0 Å². The maximum Gasteiger partial charge on any atom is 0.306 e. The third-order valence-corrected chi connectivity index (χ3v) is 6.17. The molecule has 0 aliphatic heterocycles. The van der Waals surface area contributed by atoms with E-state index in [0.29, 0.717) is 23.9 Å². The first-order chi connectivity index (χ1) is 17.3. The Morgan fingerprint density at radius 1 is 0.694 bits per heavy atom. The number of aryl methyl sites for hydroxylation is 1. The molecule has 4 aromatic carbocycles. The van der Waals surface area contributed by atoms with Gasteiger partial charge in [-0.25, -0.2) is 0 Å². The van der Waals surface area contributed by atoms with Crippen molar-refractivity contribution in [2.45, 2.75) is 13.5 Å². The van der Waals surface area contributed by atoms with Gasteiger partial charge in [0, 0.05) is 5.56 Å². The smallest absolute Gasteiger partial charge is 0.306 e.